The molecule has 1 saturated heterocycles. The Balaban J connectivity index is 2.00. The minimum atomic E-state index is -0.143. The molecule has 1 atom stereocenters. The molecule has 18 heavy (non-hydrogen) atoms. The van der Waals surface area contributed by atoms with Gasteiger partial charge in [-0.1, -0.05) is 6.07 Å². The summed E-state index contributed by atoms with van der Waals surface area (Å²) in [6.07, 6.45) is 1.04. The maximum atomic E-state index is 12.0. The molecular formula is C13H15BrN2O2. The quantitative estimate of drug-likeness (QED) is 0.880. The van der Waals surface area contributed by atoms with Crippen molar-refractivity contribution in [2.45, 2.75) is 19.8 Å². The highest BCUT2D eigenvalue weighted by atomic mass is 79.9. The lowest BCUT2D eigenvalue weighted by molar-refractivity contribution is -0.126. The number of benzene rings is 1. The maximum absolute atomic E-state index is 12.0. The minimum absolute atomic E-state index is 0.0237. The van der Waals surface area contributed by atoms with Gasteiger partial charge in [-0.3, -0.25) is 9.59 Å². The first-order chi connectivity index (χ1) is 8.56. The average molecular weight is 311 g/mol. The molecule has 5 heteroatoms. The fraction of sp³-hybridized carbons (Fsp3) is 0.385. The second-order valence-electron chi connectivity index (χ2n) is 4.51. The highest BCUT2D eigenvalue weighted by Gasteiger charge is 2.24. The van der Waals surface area contributed by atoms with Crippen molar-refractivity contribution in [2.24, 2.45) is 5.92 Å². The van der Waals surface area contributed by atoms with Crippen molar-refractivity contribution in [3.8, 4) is 0 Å². The van der Waals surface area contributed by atoms with Gasteiger partial charge >= 0.3 is 0 Å². The van der Waals surface area contributed by atoms with Gasteiger partial charge in [0.25, 0.3) is 0 Å². The molecule has 1 aromatic rings. The summed E-state index contributed by atoms with van der Waals surface area (Å²) < 4.78 is 0.871. The van der Waals surface area contributed by atoms with Crippen LogP contribution in [0.2, 0.25) is 0 Å². The minimum Gasteiger partial charge on any atom is -0.355 e. The van der Waals surface area contributed by atoms with Crippen LogP contribution in [0.1, 0.15) is 18.4 Å². The highest BCUT2D eigenvalue weighted by Crippen LogP contribution is 2.24. The van der Waals surface area contributed by atoms with Gasteiger partial charge < -0.3 is 10.6 Å². The summed E-state index contributed by atoms with van der Waals surface area (Å²) in [4.78, 5) is 23.1. The Morgan fingerprint density at radius 3 is 2.89 bits per heavy atom. The number of aryl methyl sites for hydroxylation is 1. The van der Waals surface area contributed by atoms with E-state index in [0.29, 0.717) is 19.4 Å². The fourth-order valence-electron chi connectivity index (χ4n) is 1.91. The molecule has 0 spiro atoms. The van der Waals surface area contributed by atoms with Gasteiger partial charge in [-0.2, -0.15) is 0 Å². The predicted molar refractivity (Wildman–Crippen MR) is 73.2 cm³/mol. The van der Waals surface area contributed by atoms with Crippen LogP contribution < -0.4 is 10.6 Å². The Labute approximate surface area is 114 Å². The summed E-state index contributed by atoms with van der Waals surface area (Å²) in [7, 11) is 0. The Morgan fingerprint density at radius 1 is 1.50 bits per heavy atom. The molecular weight excluding hydrogens is 296 g/mol. The van der Waals surface area contributed by atoms with Gasteiger partial charge in [0.15, 0.2) is 0 Å². The summed E-state index contributed by atoms with van der Waals surface area (Å²) in [5.41, 5.74) is 1.90. The van der Waals surface area contributed by atoms with Crippen LogP contribution in [-0.4, -0.2) is 18.4 Å². The van der Waals surface area contributed by atoms with Crippen molar-refractivity contribution in [2.75, 3.05) is 11.9 Å². The molecule has 0 bridgehead atoms. The molecule has 1 unspecified atom stereocenters. The molecule has 1 fully saturated rings. The number of rotatable bonds is 2. The molecule has 1 aliphatic heterocycles. The fourth-order valence-corrected chi connectivity index (χ4v) is 2.51. The lowest BCUT2D eigenvalue weighted by atomic mass is 9.98. The SMILES string of the molecule is Cc1ccc(NC(=O)C2CCC(=O)NC2)c(Br)c1. The molecule has 2 amide bonds. The first kappa shape index (κ1) is 13.1. The molecule has 0 aromatic heterocycles. The van der Waals surface area contributed by atoms with E-state index in [2.05, 4.69) is 26.6 Å². The molecule has 1 aliphatic rings. The summed E-state index contributed by atoms with van der Waals surface area (Å²) in [5.74, 6) is -0.161. The lowest BCUT2D eigenvalue weighted by Crippen LogP contribution is -2.40. The molecule has 0 radical (unpaired) electrons. The van der Waals surface area contributed by atoms with Gasteiger partial charge in [0.2, 0.25) is 11.8 Å². The van der Waals surface area contributed by atoms with Gasteiger partial charge in [0, 0.05) is 17.4 Å². The van der Waals surface area contributed by atoms with Crippen LogP contribution >= 0.6 is 15.9 Å². The van der Waals surface area contributed by atoms with Crippen molar-refractivity contribution < 1.29 is 9.59 Å². The van der Waals surface area contributed by atoms with E-state index in [1.165, 1.54) is 0 Å². The van der Waals surface area contributed by atoms with Crippen LogP contribution in [0.3, 0.4) is 0 Å². The van der Waals surface area contributed by atoms with Gasteiger partial charge in [-0.15, -0.1) is 0 Å². The summed E-state index contributed by atoms with van der Waals surface area (Å²) >= 11 is 3.42. The Morgan fingerprint density at radius 2 is 2.28 bits per heavy atom. The topological polar surface area (TPSA) is 58.2 Å². The van der Waals surface area contributed by atoms with Gasteiger partial charge in [-0.25, -0.2) is 0 Å². The third-order valence-electron chi connectivity index (χ3n) is 3.02. The lowest BCUT2D eigenvalue weighted by Gasteiger charge is -2.21. The Kier molecular flexibility index (Phi) is 4.01. The number of carbonyl (C=O) groups is 2. The molecule has 0 saturated carbocycles. The zero-order valence-electron chi connectivity index (χ0n) is 10.1. The van der Waals surface area contributed by atoms with Crippen LogP contribution in [0.25, 0.3) is 0 Å². The van der Waals surface area contributed by atoms with E-state index in [1.807, 2.05) is 25.1 Å². The number of nitrogens with one attached hydrogen (secondary N) is 2. The molecule has 2 rings (SSSR count). The Bertz CT molecular complexity index is 478. The molecule has 96 valence electrons. The van der Waals surface area contributed by atoms with Crippen molar-refractivity contribution in [1.29, 1.82) is 0 Å². The standard InChI is InChI=1S/C13H15BrN2O2/c1-8-2-4-11(10(14)6-8)16-13(18)9-3-5-12(17)15-7-9/h2,4,6,9H,3,5,7H2,1H3,(H,15,17)(H,16,18). The maximum Gasteiger partial charge on any atom is 0.229 e. The monoisotopic (exact) mass is 310 g/mol. The molecule has 0 aliphatic carbocycles. The van der Waals surface area contributed by atoms with E-state index in [-0.39, 0.29) is 17.7 Å². The van der Waals surface area contributed by atoms with Crippen molar-refractivity contribution >= 4 is 33.4 Å². The van der Waals surface area contributed by atoms with Crippen molar-refractivity contribution in [1.82, 2.24) is 5.32 Å². The zero-order valence-corrected chi connectivity index (χ0v) is 11.7. The molecule has 1 heterocycles. The molecule has 2 N–H and O–H groups in total. The van der Waals surface area contributed by atoms with Crippen LogP contribution in [-0.2, 0) is 9.59 Å². The van der Waals surface area contributed by atoms with E-state index in [0.717, 1.165) is 15.7 Å². The summed E-state index contributed by atoms with van der Waals surface area (Å²) in [6.45, 7) is 2.42. The number of amides is 2. The van der Waals surface area contributed by atoms with Crippen LogP contribution in [0.15, 0.2) is 22.7 Å². The normalized spacial score (nSPS) is 19.2. The van der Waals surface area contributed by atoms with E-state index in [1.54, 1.807) is 0 Å². The van der Waals surface area contributed by atoms with Gasteiger partial charge in [0.05, 0.1) is 11.6 Å². The summed E-state index contributed by atoms with van der Waals surface area (Å²) in [5, 5.41) is 5.60. The van der Waals surface area contributed by atoms with Gasteiger partial charge in [0.1, 0.15) is 0 Å². The second kappa shape index (κ2) is 5.52. The number of piperidine rings is 1. The van der Waals surface area contributed by atoms with E-state index in [9.17, 15) is 9.59 Å². The van der Waals surface area contributed by atoms with E-state index >= 15 is 0 Å². The first-order valence-electron chi connectivity index (χ1n) is 5.90. The van der Waals surface area contributed by atoms with Crippen molar-refractivity contribution in [3.63, 3.8) is 0 Å². The second-order valence-corrected chi connectivity index (χ2v) is 5.37. The number of carbonyl (C=O) groups excluding carboxylic acids is 2. The van der Waals surface area contributed by atoms with Crippen LogP contribution in [0.4, 0.5) is 5.69 Å². The molecule has 4 nitrogen and oxygen atoms in total. The highest BCUT2D eigenvalue weighted by molar-refractivity contribution is 9.10. The van der Waals surface area contributed by atoms with Gasteiger partial charge in [-0.05, 0) is 47.0 Å². The Hall–Kier alpha value is -1.36. The average Bonchev–Trinajstić information content (AvgIpc) is 2.33. The van der Waals surface area contributed by atoms with Crippen LogP contribution in [0, 0.1) is 12.8 Å². The van der Waals surface area contributed by atoms with E-state index < -0.39 is 0 Å². The van der Waals surface area contributed by atoms with Crippen LogP contribution in [0.5, 0.6) is 0 Å². The molecule has 1 aromatic carbocycles. The first-order valence-corrected chi connectivity index (χ1v) is 6.69. The smallest absolute Gasteiger partial charge is 0.229 e. The third kappa shape index (κ3) is 3.10. The zero-order chi connectivity index (χ0) is 13.1. The summed E-state index contributed by atoms with van der Waals surface area (Å²) in [6, 6.07) is 5.78. The predicted octanol–water partition coefficient (Wildman–Crippen LogP) is 2.22. The van der Waals surface area contributed by atoms with Crippen molar-refractivity contribution in [3.05, 3.63) is 28.2 Å². The third-order valence-corrected chi connectivity index (χ3v) is 3.67. The number of hydrogen-bond acceptors (Lipinski definition) is 2. The van der Waals surface area contributed by atoms with E-state index in [4.69, 9.17) is 0 Å². The number of hydrogen-bond donors (Lipinski definition) is 2. The number of halogens is 1. The number of anilines is 1. The largest absolute Gasteiger partial charge is 0.355 e.